The Balaban J connectivity index is 1.84. The van der Waals surface area contributed by atoms with Gasteiger partial charge < -0.3 is 23.9 Å². The van der Waals surface area contributed by atoms with Gasteiger partial charge in [-0.1, -0.05) is 0 Å². The number of hydrogen-bond donors (Lipinski definition) is 1. The zero-order valence-electron chi connectivity index (χ0n) is 14.0. The summed E-state index contributed by atoms with van der Waals surface area (Å²) < 4.78 is 25.0. The van der Waals surface area contributed by atoms with Crippen molar-refractivity contribution in [2.45, 2.75) is 24.5 Å². The van der Waals surface area contributed by atoms with E-state index in [-0.39, 0.29) is 23.9 Å². The van der Waals surface area contributed by atoms with Crippen molar-refractivity contribution in [1.29, 1.82) is 0 Å². The van der Waals surface area contributed by atoms with E-state index in [0.717, 1.165) is 10.3 Å². The number of fused-ring (bicyclic) bond motifs is 3. The van der Waals surface area contributed by atoms with E-state index in [2.05, 4.69) is 15.0 Å². The molecule has 1 aliphatic rings. The van der Waals surface area contributed by atoms with Crippen molar-refractivity contribution >= 4 is 31.9 Å². The molecule has 9 nitrogen and oxygen atoms in total. The second kappa shape index (κ2) is 6.46. The average Bonchev–Trinajstić information content (AvgIpc) is 3.27. The Hall–Kier alpha value is -1.85. The molecule has 0 bridgehead atoms. The Morgan fingerprint density at radius 3 is 2.80 bits per heavy atom. The standard InChI is InChI=1S/C15H18N4O5S/c1-21-4-7-10(22-2)11(23-3)15(24-7)19-6-18-14-9(19)8-12(25-14)13(20)17-5-16-8/h5-7,10-11,15H,4H2,1-3H3,(H,16,17,20)/t7-,10-,11-,15-/m1/s1. The molecule has 0 saturated carbocycles. The highest BCUT2D eigenvalue weighted by molar-refractivity contribution is 7.25. The van der Waals surface area contributed by atoms with Crippen LogP contribution in [0.3, 0.4) is 0 Å². The zero-order valence-corrected chi connectivity index (χ0v) is 14.8. The molecule has 3 aromatic rings. The van der Waals surface area contributed by atoms with E-state index in [0.29, 0.717) is 16.8 Å². The first-order valence-electron chi connectivity index (χ1n) is 7.72. The van der Waals surface area contributed by atoms with Crippen LogP contribution in [-0.2, 0) is 18.9 Å². The van der Waals surface area contributed by atoms with Gasteiger partial charge in [0.2, 0.25) is 0 Å². The van der Waals surface area contributed by atoms with Crippen LogP contribution < -0.4 is 5.56 Å². The molecule has 25 heavy (non-hydrogen) atoms. The first kappa shape index (κ1) is 16.6. The van der Waals surface area contributed by atoms with Crippen LogP contribution in [0.25, 0.3) is 20.6 Å². The maximum Gasteiger partial charge on any atom is 0.268 e. The summed E-state index contributed by atoms with van der Waals surface area (Å²) in [4.78, 5) is 24.1. The summed E-state index contributed by atoms with van der Waals surface area (Å²) in [5.74, 6) is 0. The molecule has 0 unspecified atom stereocenters. The van der Waals surface area contributed by atoms with Gasteiger partial charge in [0.1, 0.15) is 38.9 Å². The van der Waals surface area contributed by atoms with Crippen LogP contribution in [-0.4, -0.2) is 65.8 Å². The van der Waals surface area contributed by atoms with Crippen molar-refractivity contribution in [1.82, 2.24) is 19.5 Å². The van der Waals surface area contributed by atoms with Crippen molar-refractivity contribution in [2.75, 3.05) is 27.9 Å². The molecule has 0 amide bonds. The van der Waals surface area contributed by atoms with Crippen LogP contribution in [0.4, 0.5) is 0 Å². The summed E-state index contributed by atoms with van der Waals surface area (Å²) in [6, 6.07) is 0. The molecular formula is C15H18N4O5S. The van der Waals surface area contributed by atoms with Crippen molar-refractivity contribution in [3.63, 3.8) is 0 Å². The first-order valence-corrected chi connectivity index (χ1v) is 8.54. The lowest BCUT2D eigenvalue weighted by atomic mass is 10.1. The molecule has 0 aromatic carbocycles. The minimum atomic E-state index is -0.459. The lowest BCUT2D eigenvalue weighted by molar-refractivity contribution is -0.0634. The van der Waals surface area contributed by atoms with Gasteiger partial charge in [0.05, 0.1) is 19.3 Å². The van der Waals surface area contributed by atoms with Crippen LogP contribution in [0.1, 0.15) is 6.23 Å². The number of thiophene rings is 1. The second-order valence-electron chi connectivity index (χ2n) is 5.74. The molecule has 3 aromatic heterocycles. The molecule has 10 heteroatoms. The van der Waals surface area contributed by atoms with Gasteiger partial charge in [-0.05, 0) is 0 Å². The van der Waals surface area contributed by atoms with Crippen molar-refractivity contribution in [3.05, 3.63) is 23.0 Å². The SMILES string of the molecule is COC[C@H]1O[C@@H](n2cnc3sc4c(=O)[nH]cnc4c32)[C@H](OC)[C@@H]1OC. The van der Waals surface area contributed by atoms with E-state index in [9.17, 15) is 4.79 Å². The molecule has 134 valence electrons. The third-order valence-electron chi connectivity index (χ3n) is 4.43. The number of H-pyrrole nitrogens is 1. The summed E-state index contributed by atoms with van der Waals surface area (Å²) in [6.07, 6.45) is 1.71. The Morgan fingerprint density at radius 1 is 1.28 bits per heavy atom. The molecule has 0 spiro atoms. The maximum absolute atomic E-state index is 12.0. The number of ether oxygens (including phenoxy) is 4. The van der Waals surface area contributed by atoms with E-state index in [1.807, 2.05) is 4.57 Å². The summed E-state index contributed by atoms with van der Waals surface area (Å²) in [5, 5.41) is 0. The molecule has 1 saturated heterocycles. The highest BCUT2D eigenvalue weighted by Gasteiger charge is 2.46. The Morgan fingerprint density at radius 2 is 2.08 bits per heavy atom. The molecule has 0 aliphatic carbocycles. The topological polar surface area (TPSA) is 100 Å². The fraction of sp³-hybridized carbons (Fsp3) is 0.533. The third-order valence-corrected chi connectivity index (χ3v) is 5.50. The Labute approximate surface area is 146 Å². The predicted octanol–water partition coefficient (Wildman–Crippen LogP) is 0.908. The largest absolute Gasteiger partial charge is 0.382 e. The van der Waals surface area contributed by atoms with Crippen molar-refractivity contribution in [3.8, 4) is 0 Å². The third kappa shape index (κ3) is 2.49. The quantitative estimate of drug-likeness (QED) is 0.716. The zero-order chi connectivity index (χ0) is 17.6. The van der Waals surface area contributed by atoms with E-state index >= 15 is 0 Å². The first-order chi connectivity index (χ1) is 12.2. The molecule has 1 N–H and O–H groups in total. The molecule has 4 atom stereocenters. The van der Waals surface area contributed by atoms with Crippen LogP contribution >= 0.6 is 11.3 Å². The van der Waals surface area contributed by atoms with Crippen LogP contribution in [0.15, 0.2) is 17.4 Å². The minimum absolute atomic E-state index is 0.179. The van der Waals surface area contributed by atoms with E-state index in [1.54, 1.807) is 27.7 Å². The molecular weight excluding hydrogens is 348 g/mol. The lowest BCUT2D eigenvalue weighted by Crippen LogP contribution is -2.36. The summed E-state index contributed by atoms with van der Waals surface area (Å²) >= 11 is 1.30. The van der Waals surface area contributed by atoms with Gasteiger partial charge in [-0.15, -0.1) is 11.3 Å². The van der Waals surface area contributed by atoms with Crippen LogP contribution in [0, 0.1) is 0 Å². The average molecular weight is 366 g/mol. The van der Waals surface area contributed by atoms with Crippen molar-refractivity contribution < 1.29 is 18.9 Å². The molecule has 1 aliphatic heterocycles. The number of aromatic nitrogens is 4. The summed E-state index contributed by atoms with van der Waals surface area (Å²) in [7, 11) is 4.85. The number of nitrogens with one attached hydrogen (secondary N) is 1. The predicted molar refractivity (Wildman–Crippen MR) is 90.9 cm³/mol. The van der Waals surface area contributed by atoms with Gasteiger partial charge in [-0.3, -0.25) is 9.36 Å². The molecule has 0 radical (unpaired) electrons. The van der Waals surface area contributed by atoms with Gasteiger partial charge in [-0.2, -0.15) is 0 Å². The fourth-order valence-corrected chi connectivity index (χ4v) is 4.34. The summed E-state index contributed by atoms with van der Waals surface area (Å²) in [5.41, 5.74) is 1.18. The van der Waals surface area contributed by atoms with Crippen LogP contribution in [0.2, 0.25) is 0 Å². The van der Waals surface area contributed by atoms with Gasteiger partial charge in [0, 0.05) is 21.3 Å². The number of imidazole rings is 1. The highest BCUT2D eigenvalue weighted by atomic mass is 32.1. The Bertz CT molecular complexity index is 950. The maximum atomic E-state index is 12.0. The Kier molecular flexibility index (Phi) is 4.29. The van der Waals surface area contributed by atoms with E-state index < -0.39 is 6.23 Å². The van der Waals surface area contributed by atoms with Gasteiger partial charge >= 0.3 is 0 Å². The number of rotatable bonds is 5. The summed E-state index contributed by atoms with van der Waals surface area (Å²) in [6.45, 7) is 0.384. The molecule has 4 heterocycles. The second-order valence-corrected chi connectivity index (χ2v) is 6.74. The number of aromatic amines is 1. The van der Waals surface area contributed by atoms with Crippen molar-refractivity contribution in [2.24, 2.45) is 0 Å². The number of methoxy groups -OCH3 is 3. The van der Waals surface area contributed by atoms with E-state index in [4.69, 9.17) is 18.9 Å². The van der Waals surface area contributed by atoms with Gasteiger partial charge in [0.15, 0.2) is 6.23 Å². The number of hydrogen-bond acceptors (Lipinski definition) is 8. The minimum Gasteiger partial charge on any atom is -0.382 e. The number of nitrogens with zero attached hydrogens (tertiary/aromatic N) is 3. The smallest absolute Gasteiger partial charge is 0.268 e. The van der Waals surface area contributed by atoms with Gasteiger partial charge in [0.25, 0.3) is 5.56 Å². The fourth-order valence-electron chi connectivity index (χ4n) is 3.35. The van der Waals surface area contributed by atoms with E-state index in [1.165, 1.54) is 17.7 Å². The lowest BCUT2D eigenvalue weighted by Gasteiger charge is -2.22. The highest BCUT2D eigenvalue weighted by Crippen LogP contribution is 2.38. The van der Waals surface area contributed by atoms with Crippen LogP contribution in [0.5, 0.6) is 0 Å². The normalized spacial score (nSPS) is 26.8. The van der Waals surface area contributed by atoms with Gasteiger partial charge in [-0.25, -0.2) is 9.97 Å². The monoisotopic (exact) mass is 366 g/mol. The molecule has 4 rings (SSSR count). The molecule has 1 fully saturated rings.